The largest absolute Gasteiger partial charge is 0.490 e. The lowest BCUT2D eigenvalue weighted by Gasteiger charge is -2.20. The van der Waals surface area contributed by atoms with Crippen LogP contribution in [0.4, 0.5) is 32.0 Å². The van der Waals surface area contributed by atoms with Gasteiger partial charge in [0.05, 0.1) is 23.9 Å². The van der Waals surface area contributed by atoms with E-state index in [2.05, 4.69) is 15.6 Å². The molecule has 1 aromatic rings. The molecule has 2 unspecified atom stereocenters. The van der Waals surface area contributed by atoms with Crippen molar-refractivity contribution in [3.05, 3.63) is 24.5 Å². The molecule has 2 aliphatic rings. The highest BCUT2D eigenvalue weighted by Crippen LogP contribution is 2.32. The zero-order valence-corrected chi connectivity index (χ0v) is 15.3. The van der Waals surface area contributed by atoms with E-state index in [0.29, 0.717) is 6.04 Å². The summed E-state index contributed by atoms with van der Waals surface area (Å²) >= 11 is 0. The minimum atomic E-state index is -5.08. The number of pyridine rings is 1. The van der Waals surface area contributed by atoms with Gasteiger partial charge in [-0.1, -0.05) is 0 Å². The molecule has 2 atom stereocenters. The van der Waals surface area contributed by atoms with Gasteiger partial charge < -0.3 is 25.6 Å². The fraction of sp³-hybridized carbons (Fsp3) is 0.562. The molecule has 2 saturated heterocycles. The minimum absolute atomic E-state index is 0.0971. The van der Waals surface area contributed by atoms with Crippen LogP contribution in [0, 0.1) is 0 Å². The van der Waals surface area contributed by atoms with Crippen LogP contribution in [0.3, 0.4) is 0 Å². The number of carbonyl (C=O) groups is 2. The van der Waals surface area contributed by atoms with Crippen molar-refractivity contribution >= 4 is 17.6 Å². The summed E-state index contributed by atoms with van der Waals surface area (Å²) in [5.41, 5.74) is 1.18. The predicted octanol–water partition coefficient (Wildman–Crippen LogP) is 2.28. The summed E-state index contributed by atoms with van der Waals surface area (Å²) in [4.78, 5) is 21.9. The maximum absolute atomic E-state index is 10.6. The highest BCUT2D eigenvalue weighted by atomic mass is 19.4. The summed E-state index contributed by atoms with van der Waals surface area (Å²) in [6, 6.07) is 4.42. The molecule has 30 heavy (non-hydrogen) atoms. The average Bonchev–Trinajstić information content (AvgIpc) is 3.25. The van der Waals surface area contributed by atoms with Crippen molar-refractivity contribution in [1.82, 2.24) is 10.3 Å². The second-order valence-corrected chi connectivity index (χ2v) is 6.31. The maximum atomic E-state index is 10.6. The van der Waals surface area contributed by atoms with Crippen molar-refractivity contribution in [1.29, 1.82) is 0 Å². The van der Waals surface area contributed by atoms with Crippen molar-refractivity contribution < 1.29 is 50.9 Å². The van der Waals surface area contributed by atoms with Crippen LogP contribution < -0.4 is 10.6 Å². The van der Waals surface area contributed by atoms with Crippen molar-refractivity contribution in [2.75, 3.05) is 25.0 Å². The molecule has 1 aromatic heterocycles. The van der Waals surface area contributed by atoms with Crippen molar-refractivity contribution in [2.24, 2.45) is 0 Å². The predicted molar refractivity (Wildman–Crippen MR) is 89.8 cm³/mol. The molecule has 0 amide bonds. The van der Waals surface area contributed by atoms with Crippen LogP contribution in [0.1, 0.15) is 12.8 Å². The number of hydrogen-bond acceptors (Lipinski definition) is 6. The van der Waals surface area contributed by atoms with E-state index in [1.807, 2.05) is 18.3 Å². The fourth-order valence-corrected chi connectivity index (χ4v) is 2.64. The number of alkyl halides is 6. The lowest BCUT2D eigenvalue weighted by molar-refractivity contribution is -0.193. The molecule has 0 radical (unpaired) electrons. The van der Waals surface area contributed by atoms with Gasteiger partial charge in [-0.05, 0) is 25.1 Å². The molecule has 14 heteroatoms. The third kappa shape index (κ3) is 8.82. The number of ether oxygens (including phenoxy) is 1. The number of nitrogens with one attached hydrogen (secondary N) is 2. The van der Waals surface area contributed by atoms with Gasteiger partial charge in [0.1, 0.15) is 0 Å². The SMILES string of the molecule is O=C(O)C(F)(F)F.O=C(O)C(F)(F)F.c1cncc(NC2COC3(CCNC3)C2)c1. The number of aliphatic carboxylic acids is 2. The van der Waals surface area contributed by atoms with Crippen LogP contribution in [0.25, 0.3) is 0 Å². The molecule has 8 nitrogen and oxygen atoms in total. The highest BCUT2D eigenvalue weighted by molar-refractivity contribution is 5.73. The number of carboxylic acids is 2. The van der Waals surface area contributed by atoms with Crippen LogP contribution in [0.5, 0.6) is 0 Å². The van der Waals surface area contributed by atoms with E-state index >= 15 is 0 Å². The van der Waals surface area contributed by atoms with Gasteiger partial charge in [0, 0.05) is 25.4 Å². The van der Waals surface area contributed by atoms with Crippen LogP contribution >= 0.6 is 0 Å². The first-order valence-electron chi connectivity index (χ1n) is 8.37. The van der Waals surface area contributed by atoms with Gasteiger partial charge in [-0.2, -0.15) is 26.3 Å². The average molecular weight is 447 g/mol. The lowest BCUT2D eigenvalue weighted by Crippen LogP contribution is -2.31. The summed E-state index contributed by atoms with van der Waals surface area (Å²) in [6.07, 6.45) is -4.29. The van der Waals surface area contributed by atoms with Gasteiger partial charge in [-0.15, -0.1) is 0 Å². The molecule has 3 rings (SSSR count). The van der Waals surface area contributed by atoms with Crippen LogP contribution in [0.15, 0.2) is 24.5 Å². The van der Waals surface area contributed by atoms with E-state index in [0.717, 1.165) is 38.2 Å². The normalized spacial score (nSPS) is 23.1. The zero-order chi connectivity index (χ0) is 23.0. The minimum Gasteiger partial charge on any atom is -0.475 e. The Kier molecular flexibility index (Phi) is 8.84. The third-order valence-electron chi connectivity index (χ3n) is 3.93. The summed E-state index contributed by atoms with van der Waals surface area (Å²) in [5.74, 6) is -5.51. The van der Waals surface area contributed by atoms with E-state index in [1.54, 1.807) is 6.20 Å². The van der Waals surface area contributed by atoms with Gasteiger partial charge in [0.25, 0.3) is 0 Å². The van der Waals surface area contributed by atoms with Crippen molar-refractivity contribution in [3.63, 3.8) is 0 Å². The van der Waals surface area contributed by atoms with E-state index in [9.17, 15) is 26.3 Å². The monoisotopic (exact) mass is 447 g/mol. The Morgan fingerprint density at radius 3 is 2.13 bits per heavy atom. The van der Waals surface area contributed by atoms with Gasteiger partial charge in [0.15, 0.2) is 0 Å². The Balaban J connectivity index is 0.000000271. The molecule has 4 N–H and O–H groups in total. The highest BCUT2D eigenvalue weighted by Gasteiger charge is 2.42. The van der Waals surface area contributed by atoms with Gasteiger partial charge in [-0.3, -0.25) is 4.98 Å². The molecule has 2 fully saturated rings. The van der Waals surface area contributed by atoms with Crippen LogP contribution in [-0.4, -0.2) is 70.8 Å². The molecular formula is C16H19F6N3O5. The topological polar surface area (TPSA) is 121 Å². The molecule has 3 heterocycles. The Morgan fingerprint density at radius 2 is 1.73 bits per heavy atom. The molecule has 2 aliphatic heterocycles. The Bertz CT molecular complexity index is 669. The molecule has 1 spiro atoms. The number of carboxylic acid groups (broad SMARTS) is 2. The fourth-order valence-electron chi connectivity index (χ4n) is 2.64. The first-order valence-corrected chi connectivity index (χ1v) is 8.37. The first kappa shape index (κ1) is 25.4. The van der Waals surface area contributed by atoms with E-state index in [4.69, 9.17) is 24.5 Å². The first-order chi connectivity index (χ1) is 13.8. The molecule has 0 saturated carbocycles. The second-order valence-electron chi connectivity index (χ2n) is 6.31. The lowest BCUT2D eigenvalue weighted by atomic mass is 9.97. The molecular weight excluding hydrogens is 428 g/mol. The van der Waals surface area contributed by atoms with Gasteiger partial charge in [-0.25, -0.2) is 9.59 Å². The number of anilines is 1. The van der Waals surface area contributed by atoms with E-state index in [-0.39, 0.29) is 5.60 Å². The summed E-state index contributed by atoms with van der Waals surface area (Å²) in [7, 11) is 0. The number of hydrogen-bond donors (Lipinski definition) is 4. The standard InChI is InChI=1S/C12H17N3O.2C2HF3O2/c1-2-10(7-13-4-1)15-11-6-12(16-8-11)3-5-14-9-12;2*3-2(4,5)1(6)7/h1-2,4,7,11,14-15H,3,5-6,8-9H2;2*(H,6,7). The van der Waals surface area contributed by atoms with Gasteiger partial charge >= 0.3 is 24.3 Å². The van der Waals surface area contributed by atoms with E-state index in [1.165, 1.54) is 0 Å². The van der Waals surface area contributed by atoms with Crippen LogP contribution in [0.2, 0.25) is 0 Å². The van der Waals surface area contributed by atoms with Crippen molar-refractivity contribution in [2.45, 2.75) is 36.8 Å². The molecule has 0 bridgehead atoms. The van der Waals surface area contributed by atoms with Crippen molar-refractivity contribution in [3.8, 4) is 0 Å². The second kappa shape index (κ2) is 10.4. The summed E-state index contributed by atoms with van der Waals surface area (Å²) in [6.45, 7) is 2.88. The number of rotatable bonds is 2. The van der Waals surface area contributed by atoms with Crippen LogP contribution in [-0.2, 0) is 14.3 Å². The zero-order valence-electron chi connectivity index (χ0n) is 15.3. The summed E-state index contributed by atoms with van der Waals surface area (Å²) in [5, 5.41) is 21.1. The molecule has 170 valence electrons. The molecule has 0 aliphatic carbocycles. The molecule has 0 aromatic carbocycles. The Hall–Kier alpha value is -2.61. The smallest absolute Gasteiger partial charge is 0.475 e. The quantitative estimate of drug-likeness (QED) is 0.510. The number of nitrogens with zero attached hydrogens (tertiary/aromatic N) is 1. The number of halogens is 6. The Labute approximate surface area is 166 Å². The summed E-state index contributed by atoms with van der Waals surface area (Å²) < 4.78 is 69.4. The third-order valence-corrected chi connectivity index (χ3v) is 3.93. The van der Waals surface area contributed by atoms with Gasteiger partial charge in [0.2, 0.25) is 0 Å². The maximum Gasteiger partial charge on any atom is 0.490 e. The number of aromatic nitrogens is 1. The Morgan fingerprint density at radius 1 is 1.17 bits per heavy atom. The van der Waals surface area contributed by atoms with E-state index < -0.39 is 24.3 Å².